The summed E-state index contributed by atoms with van der Waals surface area (Å²) >= 11 is 0. The summed E-state index contributed by atoms with van der Waals surface area (Å²) in [6.07, 6.45) is -3.40. The molecule has 94 valence electrons. The molecule has 1 amide bonds. The lowest BCUT2D eigenvalue weighted by molar-refractivity contribution is -0.136. The highest BCUT2D eigenvalue weighted by molar-refractivity contribution is 5.86. The minimum absolute atomic E-state index is 0.0642. The smallest absolute Gasteiger partial charge is 0.355 e. The number of carbonyl (C=O) groups is 1. The van der Waals surface area contributed by atoms with E-state index >= 15 is 0 Å². The third-order valence-corrected chi connectivity index (χ3v) is 2.79. The first kappa shape index (κ1) is 13.3. The van der Waals surface area contributed by atoms with Gasteiger partial charge in [0.2, 0.25) is 5.91 Å². The van der Waals surface area contributed by atoms with Crippen molar-refractivity contribution in [2.75, 3.05) is 13.1 Å². The highest BCUT2D eigenvalue weighted by Gasteiger charge is 2.35. The van der Waals surface area contributed by atoms with Crippen LogP contribution >= 0.6 is 0 Å². The second-order valence-corrected chi connectivity index (χ2v) is 4.34. The van der Waals surface area contributed by atoms with Crippen molar-refractivity contribution in [2.45, 2.75) is 44.3 Å². The first-order valence-electron chi connectivity index (χ1n) is 5.44. The molecule has 0 aromatic carbocycles. The molecule has 1 unspecified atom stereocenters. The summed E-state index contributed by atoms with van der Waals surface area (Å²) in [4.78, 5) is 11.6. The van der Waals surface area contributed by atoms with E-state index in [9.17, 15) is 18.0 Å². The molecule has 0 aliphatic carbocycles. The molecule has 0 radical (unpaired) electrons. The average molecular weight is 238 g/mol. The van der Waals surface area contributed by atoms with Gasteiger partial charge in [0.15, 0.2) is 0 Å². The zero-order chi connectivity index (χ0) is 12.2. The molecule has 1 rings (SSSR count). The molecule has 1 heterocycles. The summed E-state index contributed by atoms with van der Waals surface area (Å²) in [5.74, 6) is -0.202. The van der Waals surface area contributed by atoms with Gasteiger partial charge in [-0.15, -0.1) is 0 Å². The minimum atomic E-state index is -4.14. The number of hydrogen-bond acceptors (Lipinski definition) is 2. The van der Waals surface area contributed by atoms with E-state index in [1.54, 1.807) is 6.92 Å². The van der Waals surface area contributed by atoms with Crippen LogP contribution in [-0.2, 0) is 4.79 Å². The fourth-order valence-electron chi connectivity index (χ4n) is 1.77. The molecular weight excluding hydrogens is 221 g/mol. The van der Waals surface area contributed by atoms with Crippen molar-refractivity contribution in [3.8, 4) is 0 Å². The van der Waals surface area contributed by atoms with Crippen molar-refractivity contribution in [3.63, 3.8) is 0 Å². The van der Waals surface area contributed by atoms with Gasteiger partial charge in [-0.05, 0) is 32.7 Å². The number of alkyl halides is 3. The predicted molar refractivity (Wildman–Crippen MR) is 53.9 cm³/mol. The van der Waals surface area contributed by atoms with E-state index in [1.165, 1.54) is 0 Å². The van der Waals surface area contributed by atoms with Crippen LogP contribution in [0.3, 0.4) is 0 Å². The van der Waals surface area contributed by atoms with Crippen molar-refractivity contribution in [3.05, 3.63) is 0 Å². The lowest BCUT2D eigenvalue weighted by Gasteiger charge is -2.23. The number of halogens is 3. The van der Waals surface area contributed by atoms with Gasteiger partial charge < -0.3 is 10.6 Å². The van der Waals surface area contributed by atoms with Gasteiger partial charge in [-0.25, -0.2) is 0 Å². The zero-order valence-corrected chi connectivity index (χ0v) is 9.28. The van der Waals surface area contributed by atoms with Crippen LogP contribution in [0.15, 0.2) is 0 Å². The normalized spacial score (nSPS) is 25.8. The van der Waals surface area contributed by atoms with E-state index < -0.39 is 18.1 Å². The van der Waals surface area contributed by atoms with Crippen LogP contribution in [-0.4, -0.2) is 30.7 Å². The van der Waals surface area contributed by atoms with Crippen LogP contribution in [0.4, 0.5) is 13.2 Å². The van der Waals surface area contributed by atoms with Crippen molar-refractivity contribution in [2.24, 2.45) is 0 Å². The SMILES string of the molecule is CC1(C(=O)NCCCC(F)(F)F)CCCN1. The van der Waals surface area contributed by atoms with Crippen LogP contribution in [0, 0.1) is 0 Å². The molecule has 1 aliphatic heterocycles. The van der Waals surface area contributed by atoms with Gasteiger partial charge in [-0.3, -0.25) is 4.79 Å². The molecule has 0 saturated carbocycles. The van der Waals surface area contributed by atoms with E-state index in [0.717, 1.165) is 19.4 Å². The Morgan fingerprint density at radius 1 is 1.50 bits per heavy atom. The third kappa shape index (κ3) is 4.00. The molecule has 0 aromatic rings. The number of carbonyl (C=O) groups excluding carboxylic acids is 1. The van der Waals surface area contributed by atoms with Crippen LogP contribution in [0.1, 0.15) is 32.6 Å². The highest BCUT2D eigenvalue weighted by atomic mass is 19.4. The maximum absolute atomic E-state index is 11.8. The number of amides is 1. The Hall–Kier alpha value is -0.780. The molecule has 2 N–H and O–H groups in total. The molecule has 6 heteroatoms. The molecule has 1 aliphatic rings. The highest BCUT2D eigenvalue weighted by Crippen LogP contribution is 2.21. The van der Waals surface area contributed by atoms with E-state index in [4.69, 9.17) is 0 Å². The lowest BCUT2D eigenvalue weighted by atomic mass is 9.99. The number of hydrogen-bond donors (Lipinski definition) is 2. The maximum Gasteiger partial charge on any atom is 0.389 e. The van der Waals surface area contributed by atoms with Crippen LogP contribution in [0.25, 0.3) is 0 Å². The van der Waals surface area contributed by atoms with Crippen LogP contribution in [0.2, 0.25) is 0 Å². The fraction of sp³-hybridized carbons (Fsp3) is 0.900. The Morgan fingerprint density at radius 2 is 2.19 bits per heavy atom. The van der Waals surface area contributed by atoms with E-state index in [-0.39, 0.29) is 18.9 Å². The van der Waals surface area contributed by atoms with Crippen molar-refractivity contribution < 1.29 is 18.0 Å². The third-order valence-electron chi connectivity index (χ3n) is 2.79. The molecule has 0 spiro atoms. The standard InChI is InChI=1S/C10H17F3N2O/c1-9(4-2-7-15-9)8(16)14-6-3-5-10(11,12)13/h15H,2-7H2,1H3,(H,14,16). The predicted octanol–water partition coefficient (Wildman–Crippen LogP) is 1.59. The van der Waals surface area contributed by atoms with Gasteiger partial charge in [0.1, 0.15) is 0 Å². The summed E-state index contributed by atoms with van der Waals surface area (Å²) in [5.41, 5.74) is -0.599. The minimum Gasteiger partial charge on any atom is -0.355 e. The molecule has 0 bridgehead atoms. The summed E-state index contributed by atoms with van der Waals surface area (Å²) in [7, 11) is 0. The first-order valence-corrected chi connectivity index (χ1v) is 5.44. The molecule has 1 saturated heterocycles. The topological polar surface area (TPSA) is 41.1 Å². The van der Waals surface area contributed by atoms with E-state index in [1.807, 2.05) is 0 Å². The summed E-state index contributed by atoms with van der Waals surface area (Å²) in [5, 5.41) is 5.59. The zero-order valence-electron chi connectivity index (χ0n) is 9.28. The van der Waals surface area contributed by atoms with E-state index in [0.29, 0.717) is 0 Å². The Morgan fingerprint density at radius 3 is 2.69 bits per heavy atom. The lowest BCUT2D eigenvalue weighted by Crippen LogP contribution is -2.51. The van der Waals surface area contributed by atoms with Gasteiger partial charge in [0.25, 0.3) is 0 Å². The molecule has 3 nitrogen and oxygen atoms in total. The fourth-order valence-corrected chi connectivity index (χ4v) is 1.77. The Kier molecular flexibility index (Phi) is 4.18. The first-order chi connectivity index (χ1) is 7.33. The quantitative estimate of drug-likeness (QED) is 0.730. The van der Waals surface area contributed by atoms with Gasteiger partial charge in [-0.1, -0.05) is 0 Å². The van der Waals surface area contributed by atoms with Gasteiger partial charge in [-0.2, -0.15) is 13.2 Å². The van der Waals surface area contributed by atoms with Crippen molar-refractivity contribution in [1.29, 1.82) is 0 Å². The Balaban J connectivity index is 2.20. The molecule has 1 atom stereocenters. The molecule has 1 fully saturated rings. The van der Waals surface area contributed by atoms with Crippen molar-refractivity contribution >= 4 is 5.91 Å². The van der Waals surface area contributed by atoms with Gasteiger partial charge >= 0.3 is 6.18 Å². The largest absolute Gasteiger partial charge is 0.389 e. The average Bonchev–Trinajstić information content (AvgIpc) is 2.59. The van der Waals surface area contributed by atoms with Crippen LogP contribution < -0.4 is 10.6 Å². The molecular formula is C10H17F3N2O. The van der Waals surface area contributed by atoms with Gasteiger partial charge in [0.05, 0.1) is 5.54 Å². The summed E-state index contributed by atoms with van der Waals surface area (Å²) < 4.78 is 35.5. The second-order valence-electron chi connectivity index (χ2n) is 4.34. The summed E-state index contributed by atoms with van der Waals surface area (Å²) in [6.45, 7) is 2.64. The molecule has 0 aromatic heterocycles. The molecule has 16 heavy (non-hydrogen) atoms. The monoisotopic (exact) mass is 238 g/mol. The summed E-state index contributed by atoms with van der Waals surface area (Å²) in [6, 6.07) is 0. The van der Waals surface area contributed by atoms with Gasteiger partial charge in [0, 0.05) is 13.0 Å². The maximum atomic E-state index is 11.8. The number of rotatable bonds is 4. The van der Waals surface area contributed by atoms with Crippen molar-refractivity contribution in [1.82, 2.24) is 10.6 Å². The van der Waals surface area contributed by atoms with Crippen LogP contribution in [0.5, 0.6) is 0 Å². The Labute approximate surface area is 92.8 Å². The Bertz CT molecular complexity index is 247. The number of nitrogens with one attached hydrogen (secondary N) is 2. The van der Waals surface area contributed by atoms with E-state index in [2.05, 4.69) is 10.6 Å². The second kappa shape index (κ2) is 5.03.